The predicted octanol–water partition coefficient (Wildman–Crippen LogP) is 0.764. The Balaban J connectivity index is 4.21. The molecule has 0 aliphatic carbocycles. The summed E-state index contributed by atoms with van der Waals surface area (Å²) in [4.78, 5) is 22.4. The van der Waals surface area contributed by atoms with Crippen LogP contribution in [0.2, 0.25) is 0 Å². The first kappa shape index (κ1) is 14.9. The number of aliphatic hydroxyl groups is 1. The lowest BCUT2D eigenvalue weighted by Gasteiger charge is -2.21. The van der Waals surface area contributed by atoms with Crippen molar-refractivity contribution < 1.29 is 19.8 Å². The van der Waals surface area contributed by atoms with E-state index in [-0.39, 0.29) is 25.0 Å². The van der Waals surface area contributed by atoms with Crippen LogP contribution in [0.15, 0.2) is 0 Å². The molecule has 0 saturated heterocycles. The fourth-order valence-corrected chi connectivity index (χ4v) is 1.29. The Hall–Kier alpha value is -1.10. The average Bonchev–Trinajstić information content (AvgIpc) is 2.15. The van der Waals surface area contributed by atoms with Crippen molar-refractivity contribution in [3.8, 4) is 0 Å². The molecule has 0 aromatic heterocycles. The van der Waals surface area contributed by atoms with Gasteiger partial charge in [0.2, 0.25) is 5.91 Å². The summed E-state index contributed by atoms with van der Waals surface area (Å²) >= 11 is 0. The van der Waals surface area contributed by atoms with Gasteiger partial charge >= 0.3 is 5.97 Å². The molecule has 1 amide bonds. The van der Waals surface area contributed by atoms with Gasteiger partial charge in [-0.3, -0.25) is 9.59 Å². The van der Waals surface area contributed by atoms with Gasteiger partial charge in [0.25, 0.3) is 0 Å². The SMILES string of the molecule is CCC(CCO)NC(=O)CC(C)(C)C(=O)O. The maximum Gasteiger partial charge on any atom is 0.309 e. The Bertz CT molecular complexity index is 250. The van der Waals surface area contributed by atoms with Crippen molar-refractivity contribution in [3.05, 3.63) is 0 Å². The molecule has 0 aliphatic heterocycles. The Morgan fingerprint density at radius 1 is 1.38 bits per heavy atom. The van der Waals surface area contributed by atoms with E-state index in [1.165, 1.54) is 13.8 Å². The van der Waals surface area contributed by atoms with Crippen molar-refractivity contribution in [2.24, 2.45) is 5.41 Å². The maximum absolute atomic E-state index is 11.6. The van der Waals surface area contributed by atoms with Crippen molar-refractivity contribution in [2.45, 2.75) is 46.1 Å². The summed E-state index contributed by atoms with van der Waals surface area (Å²) in [6.07, 6.45) is 1.17. The molecule has 0 spiro atoms. The molecule has 0 radical (unpaired) electrons. The monoisotopic (exact) mass is 231 g/mol. The summed E-state index contributed by atoms with van der Waals surface area (Å²) in [6, 6.07) is -0.0814. The molecule has 16 heavy (non-hydrogen) atoms. The maximum atomic E-state index is 11.6. The number of aliphatic carboxylic acids is 1. The van der Waals surface area contributed by atoms with Crippen LogP contribution in [0.4, 0.5) is 0 Å². The summed E-state index contributed by atoms with van der Waals surface area (Å²) in [5.74, 6) is -1.27. The molecule has 0 aliphatic rings. The number of aliphatic hydroxyl groups excluding tert-OH is 1. The molecule has 3 N–H and O–H groups in total. The van der Waals surface area contributed by atoms with Crippen molar-refractivity contribution in [2.75, 3.05) is 6.61 Å². The van der Waals surface area contributed by atoms with E-state index in [0.29, 0.717) is 6.42 Å². The fourth-order valence-electron chi connectivity index (χ4n) is 1.29. The molecular formula is C11H21NO4. The van der Waals surface area contributed by atoms with Crippen molar-refractivity contribution in [1.29, 1.82) is 0 Å². The van der Waals surface area contributed by atoms with Crippen LogP contribution < -0.4 is 5.32 Å². The van der Waals surface area contributed by atoms with Gasteiger partial charge in [0.05, 0.1) is 5.41 Å². The van der Waals surface area contributed by atoms with Gasteiger partial charge in [-0.15, -0.1) is 0 Å². The zero-order valence-corrected chi connectivity index (χ0v) is 10.1. The molecule has 0 saturated carbocycles. The molecule has 94 valence electrons. The standard InChI is InChI=1S/C11H21NO4/c1-4-8(5-6-13)12-9(14)7-11(2,3)10(15)16/h8,13H,4-7H2,1-3H3,(H,12,14)(H,15,16). The van der Waals surface area contributed by atoms with Crippen molar-refractivity contribution in [3.63, 3.8) is 0 Å². The molecule has 0 aromatic rings. The van der Waals surface area contributed by atoms with E-state index >= 15 is 0 Å². The summed E-state index contributed by atoms with van der Waals surface area (Å²) in [7, 11) is 0. The van der Waals surface area contributed by atoms with Crippen LogP contribution in [-0.4, -0.2) is 34.7 Å². The number of carbonyl (C=O) groups is 2. The number of rotatable bonds is 7. The van der Waals surface area contributed by atoms with Gasteiger partial charge in [-0.2, -0.15) is 0 Å². The minimum absolute atomic E-state index is 0.0150. The molecular weight excluding hydrogens is 210 g/mol. The van der Waals surface area contributed by atoms with E-state index in [1.807, 2.05) is 6.92 Å². The Kier molecular flexibility index (Phi) is 6.03. The zero-order valence-electron chi connectivity index (χ0n) is 10.1. The highest BCUT2D eigenvalue weighted by Crippen LogP contribution is 2.20. The normalized spacial score (nSPS) is 13.2. The lowest BCUT2D eigenvalue weighted by atomic mass is 9.89. The van der Waals surface area contributed by atoms with Crippen LogP contribution in [0.1, 0.15) is 40.0 Å². The highest BCUT2D eigenvalue weighted by Gasteiger charge is 2.30. The second-order valence-electron chi connectivity index (χ2n) is 4.55. The molecule has 0 heterocycles. The van der Waals surface area contributed by atoms with Crippen molar-refractivity contribution in [1.82, 2.24) is 5.32 Å². The number of hydrogen-bond acceptors (Lipinski definition) is 3. The highest BCUT2D eigenvalue weighted by atomic mass is 16.4. The number of amides is 1. The second kappa shape index (κ2) is 6.48. The van der Waals surface area contributed by atoms with Gasteiger partial charge in [0.15, 0.2) is 0 Å². The lowest BCUT2D eigenvalue weighted by Crippen LogP contribution is -2.39. The summed E-state index contributed by atoms with van der Waals surface area (Å²) in [6.45, 7) is 4.95. The van der Waals surface area contributed by atoms with E-state index in [2.05, 4.69) is 5.32 Å². The zero-order chi connectivity index (χ0) is 12.8. The van der Waals surface area contributed by atoms with E-state index in [9.17, 15) is 9.59 Å². The number of hydrogen-bond donors (Lipinski definition) is 3. The van der Waals surface area contributed by atoms with Gasteiger partial charge in [0, 0.05) is 19.1 Å². The number of carboxylic acids is 1. The van der Waals surface area contributed by atoms with Crippen molar-refractivity contribution >= 4 is 11.9 Å². The molecule has 5 nitrogen and oxygen atoms in total. The first-order valence-corrected chi connectivity index (χ1v) is 5.47. The summed E-state index contributed by atoms with van der Waals surface area (Å²) in [5, 5.41) is 20.3. The fraction of sp³-hybridized carbons (Fsp3) is 0.818. The van der Waals surface area contributed by atoms with E-state index in [4.69, 9.17) is 10.2 Å². The van der Waals surface area contributed by atoms with Gasteiger partial charge in [0.1, 0.15) is 0 Å². The minimum Gasteiger partial charge on any atom is -0.481 e. The van der Waals surface area contributed by atoms with E-state index in [0.717, 1.165) is 6.42 Å². The molecule has 0 fully saturated rings. The van der Waals surface area contributed by atoms with E-state index in [1.54, 1.807) is 0 Å². The first-order chi connectivity index (χ1) is 7.33. The molecule has 0 bridgehead atoms. The van der Waals surface area contributed by atoms with Gasteiger partial charge in [-0.25, -0.2) is 0 Å². The van der Waals surface area contributed by atoms with Crippen LogP contribution in [0, 0.1) is 5.41 Å². The molecule has 1 unspecified atom stereocenters. The van der Waals surface area contributed by atoms with Crippen LogP contribution in [0.25, 0.3) is 0 Å². The smallest absolute Gasteiger partial charge is 0.309 e. The second-order valence-corrected chi connectivity index (χ2v) is 4.55. The van der Waals surface area contributed by atoms with Crippen LogP contribution in [-0.2, 0) is 9.59 Å². The molecule has 5 heteroatoms. The van der Waals surface area contributed by atoms with Crippen LogP contribution in [0.3, 0.4) is 0 Å². The summed E-state index contributed by atoms with van der Waals surface area (Å²) < 4.78 is 0. The Labute approximate surface area is 95.9 Å². The third-order valence-electron chi connectivity index (χ3n) is 2.52. The van der Waals surface area contributed by atoms with Gasteiger partial charge in [-0.1, -0.05) is 6.92 Å². The number of carbonyl (C=O) groups excluding carboxylic acids is 1. The first-order valence-electron chi connectivity index (χ1n) is 5.47. The molecule has 0 rings (SSSR count). The average molecular weight is 231 g/mol. The highest BCUT2D eigenvalue weighted by molar-refractivity contribution is 5.84. The third kappa shape index (κ3) is 5.11. The van der Waals surface area contributed by atoms with Gasteiger partial charge < -0.3 is 15.5 Å². The molecule has 1 atom stereocenters. The molecule has 0 aromatic carbocycles. The van der Waals surface area contributed by atoms with E-state index < -0.39 is 11.4 Å². The van der Waals surface area contributed by atoms with Gasteiger partial charge in [-0.05, 0) is 26.7 Å². The minimum atomic E-state index is -1.05. The largest absolute Gasteiger partial charge is 0.481 e. The predicted molar refractivity (Wildman–Crippen MR) is 60.0 cm³/mol. The lowest BCUT2D eigenvalue weighted by molar-refractivity contribution is -0.149. The topological polar surface area (TPSA) is 86.6 Å². The number of carboxylic acid groups (broad SMARTS) is 1. The quantitative estimate of drug-likeness (QED) is 0.604. The third-order valence-corrected chi connectivity index (χ3v) is 2.52. The van der Waals surface area contributed by atoms with Crippen LogP contribution >= 0.6 is 0 Å². The Morgan fingerprint density at radius 3 is 2.31 bits per heavy atom. The number of nitrogens with one attached hydrogen (secondary N) is 1. The summed E-state index contributed by atoms with van der Waals surface area (Å²) in [5.41, 5.74) is -1.05. The Morgan fingerprint density at radius 2 is 1.94 bits per heavy atom. The van der Waals surface area contributed by atoms with Crippen LogP contribution in [0.5, 0.6) is 0 Å².